The van der Waals surface area contributed by atoms with Crippen molar-refractivity contribution >= 4 is 45.0 Å². The van der Waals surface area contributed by atoms with E-state index < -0.39 is 57.5 Å². The fourth-order valence-electron chi connectivity index (χ4n) is 6.74. The summed E-state index contributed by atoms with van der Waals surface area (Å²) in [7, 11) is 3.83. The number of hydrogen-bond acceptors (Lipinski definition) is 7. The van der Waals surface area contributed by atoms with Gasteiger partial charge in [0.15, 0.2) is 12.4 Å². The Bertz CT molecular complexity index is 2950. The lowest BCUT2D eigenvalue weighted by Crippen LogP contribution is -2.30. The van der Waals surface area contributed by atoms with E-state index in [1.54, 1.807) is 6.07 Å². The summed E-state index contributed by atoms with van der Waals surface area (Å²) in [5.41, 5.74) is 5.30. The molecule has 4 heterocycles. The van der Waals surface area contributed by atoms with Crippen molar-refractivity contribution in [1.82, 2.24) is 14.9 Å². The number of anilines is 2. The average Bonchev–Trinajstić information content (AvgIpc) is 3.19. The molecule has 310 valence electrons. The lowest BCUT2D eigenvalue weighted by molar-refractivity contribution is -0.592. The van der Waals surface area contributed by atoms with Gasteiger partial charge in [0.05, 0.1) is 5.02 Å². The van der Waals surface area contributed by atoms with E-state index >= 15 is 0 Å². The minimum atomic E-state index is -0.962. The van der Waals surface area contributed by atoms with Gasteiger partial charge < -0.3 is 26.4 Å². The van der Waals surface area contributed by atoms with E-state index in [-0.39, 0.29) is 48.8 Å². The van der Waals surface area contributed by atoms with Crippen LogP contribution >= 0.6 is 11.6 Å². The molecule has 8 rings (SSSR count). The Morgan fingerprint density at radius 3 is 1.61 bits per heavy atom. The number of hydrogen-bond donors (Lipinski definition) is 2. The Kier molecular flexibility index (Phi) is 11.9. The third-order valence-electron chi connectivity index (χ3n) is 9.49. The molecule has 4 aromatic carbocycles. The standard InChI is InChI=1S/C24H20ClF3N4O.C20H11F4N3O/c1-31(2)11-9-29-21-13-17(15-7-6-14(26)12-18(15)25)16-8-10-32(33)24(23(16)30-21)22-19(27)4-3-5-20(22)28;21-10-4-5-11(16(24)8-10)13-9-17(25)26-19-12(13)6-7-27(28)20(19)18-14(22)2-1-3-15(18)23/h3-8,10,12-13H,9,11H2,1-2H3,(H,29,30);1-9H,(H2,25,26). The van der Waals surface area contributed by atoms with Gasteiger partial charge >= 0.3 is 0 Å². The van der Waals surface area contributed by atoms with Crippen LogP contribution in [0.25, 0.3) is 66.6 Å². The van der Waals surface area contributed by atoms with E-state index in [9.17, 15) is 41.1 Å². The minimum absolute atomic E-state index is 0.00380. The van der Waals surface area contributed by atoms with Crippen LogP contribution in [0.1, 0.15) is 0 Å². The van der Waals surface area contributed by atoms with E-state index in [1.807, 2.05) is 19.0 Å². The quantitative estimate of drug-likeness (QED) is 0.0888. The molecular weight excluding hydrogens is 827 g/mol. The SMILES string of the molecule is CN(C)CCNc1cc(-c2ccc(F)cc2Cl)c2cc[n+]([O-])c(-c3c(F)cccc3F)c2n1.Nc1cc(-c2ccc(F)cc2F)c2cc[n+]([O-])c(-c3c(F)cccc3F)c2n1. The van der Waals surface area contributed by atoms with Crippen molar-refractivity contribution in [2.24, 2.45) is 0 Å². The largest absolute Gasteiger partial charge is 0.618 e. The van der Waals surface area contributed by atoms with E-state index in [0.717, 1.165) is 48.8 Å². The zero-order valence-electron chi connectivity index (χ0n) is 32.0. The van der Waals surface area contributed by atoms with Gasteiger partial charge in [0.2, 0.25) is 0 Å². The summed E-state index contributed by atoms with van der Waals surface area (Å²) in [4.78, 5) is 10.5. The second kappa shape index (κ2) is 17.3. The van der Waals surface area contributed by atoms with Gasteiger partial charge in [-0.05, 0) is 92.0 Å². The number of nitrogens with zero attached hydrogens (tertiary/aromatic N) is 5. The number of fused-ring (bicyclic) bond motifs is 2. The van der Waals surface area contributed by atoms with Crippen LogP contribution in [-0.4, -0.2) is 42.1 Å². The lowest BCUT2D eigenvalue weighted by Gasteiger charge is -2.16. The van der Waals surface area contributed by atoms with Crippen LogP contribution < -0.4 is 20.5 Å². The number of likely N-dealkylation sites (N-methyl/N-ethyl adjacent to an activating group) is 1. The number of nitrogens with two attached hydrogens (primary N) is 1. The average molecular weight is 858 g/mol. The van der Waals surface area contributed by atoms with Crippen LogP contribution in [0.4, 0.5) is 42.4 Å². The number of aromatic nitrogens is 4. The Balaban J connectivity index is 0.000000186. The van der Waals surface area contributed by atoms with E-state index in [0.29, 0.717) is 46.2 Å². The molecule has 0 amide bonds. The first-order valence-electron chi connectivity index (χ1n) is 18.2. The molecule has 0 fully saturated rings. The van der Waals surface area contributed by atoms with Gasteiger partial charge in [-0.1, -0.05) is 23.7 Å². The highest BCUT2D eigenvalue weighted by atomic mass is 35.5. The molecule has 0 atom stereocenters. The second-order valence-electron chi connectivity index (χ2n) is 13.8. The molecule has 3 N–H and O–H groups in total. The molecule has 0 radical (unpaired) electrons. The molecule has 17 heteroatoms. The third kappa shape index (κ3) is 8.53. The predicted octanol–water partition coefficient (Wildman–Crippen LogP) is 9.59. The normalized spacial score (nSPS) is 11.3. The summed E-state index contributed by atoms with van der Waals surface area (Å²) >= 11 is 6.33. The smallest absolute Gasteiger partial charge is 0.256 e. The first-order chi connectivity index (χ1) is 29.1. The Morgan fingerprint density at radius 1 is 0.607 bits per heavy atom. The van der Waals surface area contributed by atoms with Crippen LogP contribution in [0.3, 0.4) is 0 Å². The Labute approximate surface area is 347 Å². The van der Waals surface area contributed by atoms with Crippen molar-refractivity contribution in [3.8, 4) is 44.8 Å². The molecule has 0 aliphatic rings. The highest BCUT2D eigenvalue weighted by Gasteiger charge is 2.27. The molecule has 0 aliphatic heterocycles. The molecule has 0 bridgehead atoms. The van der Waals surface area contributed by atoms with Crippen molar-refractivity contribution < 1.29 is 40.2 Å². The maximum absolute atomic E-state index is 14.7. The Morgan fingerprint density at radius 2 is 1.10 bits per heavy atom. The molecule has 61 heavy (non-hydrogen) atoms. The molecule has 0 aliphatic carbocycles. The molecule has 0 saturated carbocycles. The number of rotatable bonds is 8. The molecule has 9 nitrogen and oxygen atoms in total. The van der Waals surface area contributed by atoms with Crippen molar-refractivity contribution in [2.75, 3.05) is 38.2 Å². The number of nitrogens with one attached hydrogen (secondary N) is 1. The molecule has 8 aromatic rings. The van der Waals surface area contributed by atoms with Crippen molar-refractivity contribution in [3.05, 3.63) is 166 Å². The molecule has 0 unspecified atom stereocenters. The van der Waals surface area contributed by atoms with E-state index in [4.69, 9.17) is 17.3 Å². The van der Waals surface area contributed by atoms with Crippen LogP contribution in [0, 0.1) is 51.1 Å². The number of nitrogen functional groups attached to an aromatic ring is 1. The van der Waals surface area contributed by atoms with E-state index in [1.165, 1.54) is 48.5 Å². The number of pyridine rings is 4. The molecule has 4 aromatic heterocycles. The highest BCUT2D eigenvalue weighted by molar-refractivity contribution is 6.33. The first kappa shape index (κ1) is 42.1. The lowest BCUT2D eigenvalue weighted by atomic mass is 9.98. The maximum Gasteiger partial charge on any atom is 0.256 e. The van der Waals surface area contributed by atoms with Crippen molar-refractivity contribution in [1.29, 1.82) is 0 Å². The van der Waals surface area contributed by atoms with Gasteiger partial charge in [0.1, 0.15) is 74.5 Å². The summed E-state index contributed by atoms with van der Waals surface area (Å²) in [5.74, 6) is -5.55. The van der Waals surface area contributed by atoms with Gasteiger partial charge in [0.25, 0.3) is 11.4 Å². The van der Waals surface area contributed by atoms with Gasteiger partial charge in [-0.3, -0.25) is 0 Å². The third-order valence-corrected chi connectivity index (χ3v) is 9.80. The highest BCUT2D eigenvalue weighted by Crippen LogP contribution is 2.39. The summed E-state index contributed by atoms with van der Waals surface area (Å²) in [6, 6.07) is 19.4. The predicted molar refractivity (Wildman–Crippen MR) is 219 cm³/mol. The van der Waals surface area contributed by atoms with Crippen LogP contribution in [0.5, 0.6) is 0 Å². The van der Waals surface area contributed by atoms with E-state index in [2.05, 4.69) is 15.3 Å². The monoisotopic (exact) mass is 857 g/mol. The zero-order valence-corrected chi connectivity index (χ0v) is 32.7. The van der Waals surface area contributed by atoms with Crippen LogP contribution in [-0.2, 0) is 0 Å². The maximum atomic E-state index is 14.7. The minimum Gasteiger partial charge on any atom is -0.618 e. The van der Waals surface area contributed by atoms with Gasteiger partial charge in [-0.25, -0.2) is 40.7 Å². The molecular formula is C44H31ClF7N7O2. The Hall–Kier alpha value is -7.04. The second-order valence-corrected chi connectivity index (χ2v) is 14.2. The van der Waals surface area contributed by atoms with Crippen LogP contribution in [0.2, 0.25) is 5.02 Å². The zero-order chi connectivity index (χ0) is 43.7. The summed E-state index contributed by atoms with van der Waals surface area (Å²) in [6.45, 7) is 1.22. The fraction of sp³-hybridized carbons (Fsp3) is 0.0909. The first-order valence-corrected chi connectivity index (χ1v) is 18.6. The molecule has 0 saturated heterocycles. The topological polar surface area (TPSA) is 121 Å². The van der Waals surface area contributed by atoms with Gasteiger partial charge in [-0.15, -0.1) is 0 Å². The van der Waals surface area contributed by atoms with Crippen LogP contribution in [0.15, 0.2) is 109 Å². The summed E-state index contributed by atoms with van der Waals surface area (Å²) in [6.07, 6.45) is 2.19. The van der Waals surface area contributed by atoms with Crippen molar-refractivity contribution in [3.63, 3.8) is 0 Å². The number of benzene rings is 4. The van der Waals surface area contributed by atoms with Crippen molar-refractivity contribution in [2.45, 2.75) is 0 Å². The van der Waals surface area contributed by atoms with Gasteiger partial charge in [0, 0.05) is 53.2 Å². The molecule has 0 spiro atoms. The number of halogens is 8. The van der Waals surface area contributed by atoms with Gasteiger partial charge in [-0.2, -0.15) is 9.46 Å². The summed E-state index contributed by atoms with van der Waals surface area (Å²) < 4.78 is 99.9. The summed E-state index contributed by atoms with van der Waals surface area (Å²) in [5, 5.41) is 29.1. The fourth-order valence-corrected chi connectivity index (χ4v) is 7.00.